The van der Waals surface area contributed by atoms with Gasteiger partial charge in [-0.25, -0.2) is 9.50 Å². The van der Waals surface area contributed by atoms with Gasteiger partial charge >= 0.3 is 0 Å². The van der Waals surface area contributed by atoms with Crippen molar-refractivity contribution in [3.05, 3.63) is 24.2 Å². The second kappa shape index (κ2) is 3.29. The zero-order valence-corrected chi connectivity index (χ0v) is 8.31. The number of hydrogen-bond donors (Lipinski definition) is 1. The quantitative estimate of drug-likeness (QED) is 0.785. The summed E-state index contributed by atoms with van der Waals surface area (Å²) < 4.78 is 1.60. The maximum Gasteiger partial charge on any atom is 0.155 e. The maximum absolute atomic E-state index is 9.23. The van der Waals surface area contributed by atoms with E-state index >= 15 is 0 Å². The van der Waals surface area contributed by atoms with Gasteiger partial charge in [0.25, 0.3) is 0 Å². The normalized spacial score (nSPS) is 11.4. The topological polar surface area (TPSA) is 50.4 Å². The van der Waals surface area contributed by atoms with Crippen molar-refractivity contribution in [2.24, 2.45) is 5.92 Å². The van der Waals surface area contributed by atoms with E-state index in [-0.39, 0.29) is 5.75 Å². The summed E-state index contributed by atoms with van der Waals surface area (Å²) in [5, 5.41) is 13.5. The lowest BCUT2D eigenvalue weighted by Gasteiger charge is -1.96. The fourth-order valence-electron chi connectivity index (χ4n) is 1.37. The molecule has 0 aliphatic carbocycles. The molecule has 0 spiro atoms. The second-order valence-electron chi connectivity index (χ2n) is 3.82. The minimum atomic E-state index is 0.207. The number of aromatic hydroxyl groups is 1. The number of aromatic nitrogens is 3. The van der Waals surface area contributed by atoms with Crippen molar-refractivity contribution < 1.29 is 5.11 Å². The third-order valence-corrected chi connectivity index (χ3v) is 1.95. The van der Waals surface area contributed by atoms with Gasteiger partial charge in [0.2, 0.25) is 0 Å². The number of fused-ring (bicyclic) bond motifs is 1. The summed E-state index contributed by atoms with van der Waals surface area (Å²) >= 11 is 0. The zero-order chi connectivity index (χ0) is 10.1. The van der Waals surface area contributed by atoms with Crippen LogP contribution < -0.4 is 0 Å². The van der Waals surface area contributed by atoms with Crippen molar-refractivity contribution in [2.45, 2.75) is 20.3 Å². The third-order valence-electron chi connectivity index (χ3n) is 1.95. The zero-order valence-electron chi connectivity index (χ0n) is 8.31. The molecule has 1 N–H and O–H groups in total. The Balaban J connectivity index is 2.41. The van der Waals surface area contributed by atoms with E-state index in [4.69, 9.17) is 0 Å². The molecule has 2 heterocycles. The van der Waals surface area contributed by atoms with Gasteiger partial charge < -0.3 is 5.11 Å². The van der Waals surface area contributed by atoms with Crippen molar-refractivity contribution in [1.82, 2.24) is 14.6 Å². The van der Waals surface area contributed by atoms with Crippen molar-refractivity contribution >= 4 is 5.65 Å². The predicted octanol–water partition coefficient (Wildman–Crippen LogP) is 1.63. The Kier molecular flexibility index (Phi) is 2.11. The predicted molar refractivity (Wildman–Crippen MR) is 53.2 cm³/mol. The van der Waals surface area contributed by atoms with Crippen LogP contribution in [-0.4, -0.2) is 19.7 Å². The Labute approximate surface area is 82.2 Å². The van der Waals surface area contributed by atoms with Gasteiger partial charge in [0.15, 0.2) is 11.5 Å². The molecule has 2 aromatic rings. The average molecular weight is 191 g/mol. The molecule has 4 nitrogen and oxygen atoms in total. The summed E-state index contributed by atoms with van der Waals surface area (Å²) in [5.41, 5.74) is 0.776. The Morgan fingerprint density at radius 2 is 2.21 bits per heavy atom. The highest BCUT2D eigenvalue weighted by atomic mass is 16.3. The first-order valence-electron chi connectivity index (χ1n) is 4.69. The molecular formula is C10H13N3O. The monoisotopic (exact) mass is 191 g/mol. The van der Waals surface area contributed by atoms with Gasteiger partial charge in [-0.3, -0.25) is 0 Å². The number of rotatable bonds is 2. The van der Waals surface area contributed by atoms with E-state index < -0.39 is 0 Å². The van der Waals surface area contributed by atoms with Crippen LogP contribution in [-0.2, 0) is 6.42 Å². The van der Waals surface area contributed by atoms with Gasteiger partial charge in [0.1, 0.15) is 5.75 Å². The molecule has 0 radical (unpaired) electrons. The largest absolute Gasteiger partial charge is 0.506 e. The van der Waals surface area contributed by atoms with Crippen LogP contribution in [0, 0.1) is 5.92 Å². The first-order chi connectivity index (χ1) is 6.65. The number of hydrogen-bond acceptors (Lipinski definition) is 3. The summed E-state index contributed by atoms with van der Waals surface area (Å²) in [6.07, 6.45) is 2.43. The van der Waals surface area contributed by atoms with Gasteiger partial charge in [-0.1, -0.05) is 13.8 Å². The lowest BCUT2D eigenvalue weighted by atomic mass is 10.1. The molecule has 4 heteroatoms. The van der Waals surface area contributed by atoms with Crippen molar-refractivity contribution in [3.63, 3.8) is 0 Å². The van der Waals surface area contributed by atoms with Gasteiger partial charge in [-0.15, -0.1) is 0 Å². The minimum absolute atomic E-state index is 0.207. The molecule has 2 rings (SSSR count). The van der Waals surface area contributed by atoms with E-state index in [1.54, 1.807) is 22.8 Å². The van der Waals surface area contributed by atoms with Crippen LogP contribution in [0.3, 0.4) is 0 Å². The Bertz CT molecular complexity index is 448. The summed E-state index contributed by atoms with van der Waals surface area (Å²) in [6, 6.07) is 3.37. The van der Waals surface area contributed by atoms with Crippen LogP contribution in [0.4, 0.5) is 0 Å². The molecule has 0 aliphatic heterocycles. The highest BCUT2D eigenvalue weighted by Crippen LogP contribution is 2.11. The van der Waals surface area contributed by atoms with Gasteiger partial charge in [-0.05, 0) is 18.1 Å². The Morgan fingerprint density at radius 3 is 2.93 bits per heavy atom. The third kappa shape index (κ3) is 1.69. The summed E-state index contributed by atoms with van der Waals surface area (Å²) in [6.45, 7) is 4.26. The molecular weight excluding hydrogens is 178 g/mol. The summed E-state index contributed by atoms with van der Waals surface area (Å²) in [4.78, 5) is 4.33. The van der Waals surface area contributed by atoms with Crippen LogP contribution in [0.1, 0.15) is 19.7 Å². The van der Waals surface area contributed by atoms with Crippen LogP contribution in [0.15, 0.2) is 18.3 Å². The van der Waals surface area contributed by atoms with Crippen molar-refractivity contribution in [1.29, 1.82) is 0 Å². The van der Waals surface area contributed by atoms with Crippen LogP contribution in [0.2, 0.25) is 0 Å². The van der Waals surface area contributed by atoms with Crippen molar-refractivity contribution in [3.8, 4) is 5.75 Å². The average Bonchev–Trinajstić information content (AvgIpc) is 2.44. The SMILES string of the molecule is CC(C)Cc1nc2ccc(O)cn2n1. The standard InChI is InChI=1S/C10H13N3O/c1-7(2)5-9-11-10-4-3-8(14)6-13(10)12-9/h3-4,6-7,14H,5H2,1-2H3. The molecule has 0 bridgehead atoms. The van der Waals surface area contributed by atoms with Crippen LogP contribution in [0.5, 0.6) is 5.75 Å². The molecule has 0 saturated carbocycles. The molecule has 0 fully saturated rings. The van der Waals surface area contributed by atoms with E-state index in [9.17, 15) is 5.11 Å². The molecule has 14 heavy (non-hydrogen) atoms. The molecule has 0 aliphatic rings. The molecule has 74 valence electrons. The number of pyridine rings is 1. The Morgan fingerprint density at radius 1 is 1.43 bits per heavy atom. The fraction of sp³-hybridized carbons (Fsp3) is 0.400. The van der Waals surface area contributed by atoms with Crippen LogP contribution >= 0.6 is 0 Å². The van der Waals surface area contributed by atoms with Gasteiger partial charge in [0.05, 0.1) is 6.20 Å². The molecule has 2 aromatic heterocycles. The smallest absolute Gasteiger partial charge is 0.155 e. The molecule has 0 amide bonds. The molecule has 0 aromatic carbocycles. The highest BCUT2D eigenvalue weighted by Gasteiger charge is 2.05. The fourth-order valence-corrected chi connectivity index (χ4v) is 1.37. The first-order valence-corrected chi connectivity index (χ1v) is 4.69. The second-order valence-corrected chi connectivity index (χ2v) is 3.82. The summed E-state index contributed by atoms with van der Waals surface area (Å²) in [5.74, 6) is 1.57. The maximum atomic E-state index is 9.23. The number of nitrogens with zero attached hydrogens (tertiary/aromatic N) is 3. The highest BCUT2D eigenvalue weighted by molar-refractivity contribution is 5.40. The molecule has 0 saturated heterocycles. The van der Waals surface area contributed by atoms with E-state index in [2.05, 4.69) is 23.9 Å². The van der Waals surface area contributed by atoms with E-state index in [0.717, 1.165) is 17.9 Å². The van der Waals surface area contributed by atoms with Crippen LogP contribution in [0.25, 0.3) is 5.65 Å². The van der Waals surface area contributed by atoms with E-state index in [1.807, 2.05) is 0 Å². The minimum Gasteiger partial charge on any atom is -0.506 e. The lowest BCUT2D eigenvalue weighted by molar-refractivity contribution is 0.470. The summed E-state index contributed by atoms with van der Waals surface area (Å²) in [7, 11) is 0. The van der Waals surface area contributed by atoms with Crippen molar-refractivity contribution in [2.75, 3.05) is 0 Å². The lowest BCUT2D eigenvalue weighted by Crippen LogP contribution is -1.96. The first kappa shape index (κ1) is 8.99. The van der Waals surface area contributed by atoms with E-state index in [0.29, 0.717) is 5.92 Å². The van der Waals surface area contributed by atoms with E-state index in [1.165, 1.54) is 0 Å². The molecule has 0 atom stereocenters. The Hall–Kier alpha value is -1.58. The molecule has 0 unspecified atom stereocenters. The van der Waals surface area contributed by atoms with Gasteiger partial charge in [0, 0.05) is 6.42 Å². The van der Waals surface area contributed by atoms with Gasteiger partial charge in [-0.2, -0.15) is 5.10 Å².